The molecule has 0 N–H and O–H groups in total. The number of para-hydroxylation sites is 3. The van der Waals surface area contributed by atoms with E-state index in [-0.39, 0.29) is 0 Å². The molecule has 143 heavy (non-hydrogen) atoms. The van der Waals surface area contributed by atoms with Gasteiger partial charge in [0.25, 0.3) is 0 Å². The molecule has 10 heterocycles. The fraction of sp³-hybridized carbons (Fsp3) is 0. The monoisotopic (exact) mass is 1820 g/mol. The molecule has 11 heteroatoms. The number of nitrogens with zero attached hydrogens (tertiary/aromatic N) is 11. The van der Waals surface area contributed by atoms with E-state index in [9.17, 15) is 0 Å². The second-order valence-corrected chi connectivity index (χ2v) is 37.0. The third kappa shape index (κ3) is 13.1. The molecule has 0 amide bonds. The maximum Gasteiger partial charge on any atom is 0.145 e. The quantitative estimate of drug-likeness (QED) is 0.112. The average molecular weight is 1820 g/mol. The highest BCUT2D eigenvalue weighted by molar-refractivity contribution is 6.28. The predicted molar refractivity (Wildman–Crippen MR) is 597 cm³/mol. The van der Waals surface area contributed by atoms with E-state index in [4.69, 9.17) is 49.8 Å². The number of hydrogen-bond acceptors (Lipinski definition) is 10. The van der Waals surface area contributed by atoms with Crippen LogP contribution in [0.15, 0.2) is 468 Å². The van der Waals surface area contributed by atoms with Gasteiger partial charge in [0.2, 0.25) is 0 Å². The maximum absolute atomic E-state index is 5.40. The van der Waals surface area contributed by atoms with E-state index in [1.54, 1.807) is 0 Å². The number of imidazole rings is 1. The first-order chi connectivity index (χ1) is 70.9. The van der Waals surface area contributed by atoms with Gasteiger partial charge in [-0.2, -0.15) is 0 Å². The molecular formula is C132H77N11. The number of hydrogen-bond donors (Lipinski definition) is 0. The molecule has 31 rings (SSSR count). The molecule has 11 nitrogen and oxygen atoms in total. The lowest BCUT2D eigenvalue weighted by Gasteiger charge is -2.17. The third-order valence-corrected chi connectivity index (χ3v) is 29.1. The summed E-state index contributed by atoms with van der Waals surface area (Å²) in [6.45, 7) is 0. The molecular weight excluding hydrogens is 1740 g/mol. The Balaban J connectivity index is 0.000000103. The van der Waals surface area contributed by atoms with E-state index in [0.717, 1.165) is 219 Å². The summed E-state index contributed by atoms with van der Waals surface area (Å²) in [7, 11) is 0. The predicted octanol–water partition coefficient (Wildman–Crippen LogP) is 34.0. The van der Waals surface area contributed by atoms with Crippen molar-refractivity contribution in [2.75, 3.05) is 0 Å². The van der Waals surface area contributed by atoms with Gasteiger partial charge in [0.15, 0.2) is 0 Å². The molecule has 0 radical (unpaired) electrons. The van der Waals surface area contributed by atoms with Gasteiger partial charge in [-0.3, -0.25) is 24.5 Å². The van der Waals surface area contributed by atoms with Crippen LogP contribution in [0.5, 0.6) is 0 Å². The van der Waals surface area contributed by atoms with Crippen LogP contribution >= 0.6 is 0 Å². The van der Waals surface area contributed by atoms with E-state index < -0.39 is 0 Å². The van der Waals surface area contributed by atoms with Crippen molar-refractivity contribution in [3.63, 3.8) is 0 Å². The zero-order valence-electron chi connectivity index (χ0n) is 76.9. The summed E-state index contributed by atoms with van der Waals surface area (Å²) in [5, 5.41) is 29.6. The minimum atomic E-state index is 0.873. The van der Waals surface area contributed by atoms with Crippen LogP contribution in [-0.4, -0.2) is 54.4 Å². The van der Waals surface area contributed by atoms with Gasteiger partial charge in [-0.15, -0.1) is 0 Å². The summed E-state index contributed by atoms with van der Waals surface area (Å²) in [5.41, 5.74) is 29.0. The number of aromatic nitrogens is 11. The zero-order chi connectivity index (χ0) is 93.8. The van der Waals surface area contributed by atoms with Crippen molar-refractivity contribution in [1.82, 2.24) is 54.4 Å². The summed E-state index contributed by atoms with van der Waals surface area (Å²) in [4.78, 5) is 51.0. The first kappa shape index (κ1) is 80.9. The van der Waals surface area contributed by atoms with Gasteiger partial charge in [0, 0.05) is 172 Å². The normalized spacial score (nSPS) is 11.9. The van der Waals surface area contributed by atoms with Crippen molar-refractivity contribution in [2.24, 2.45) is 0 Å². The molecule has 0 saturated heterocycles. The van der Waals surface area contributed by atoms with Crippen molar-refractivity contribution in [3.8, 4) is 72.7 Å². The first-order valence-corrected chi connectivity index (χ1v) is 48.4. The van der Waals surface area contributed by atoms with Gasteiger partial charge in [0.1, 0.15) is 5.82 Å². The topological polar surface area (TPSA) is 134 Å². The molecule has 0 fully saturated rings. The Bertz CT molecular complexity index is 9510. The van der Waals surface area contributed by atoms with Crippen LogP contribution in [0.4, 0.5) is 0 Å². The highest BCUT2D eigenvalue weighted by atomic mass is 15.1. The standard InChI is InChI=1S/C48H28N2.C44H24N6.C40H25N3/c1-5-13-35-29(9-1)21-25-39-43(40-26-22-30-10-2-6-14-36(30)46(40)49-45(35)39)33-17-19-34(20-18-33)44-41-27-23-31-11-3-7-15-37(31)47(41)50-48-38-16-8-4-12-32(38)24-28-42(44)48;1-5-27-13-17-31-35(32-18-14-28-6-2-22-46-38(28)42(32)49-41(31)37(27)45-21-1)25-9-11-26(12-10-25)36-33-19-15-29-7-3-23-47-39(29)43(33)50-44-34(36)20-16-30-8-4-24-48-40(30)44;1-2-15-30(16-3-1)43-36-20-9-8-19-35(36)41-40(43)29-14-10-13-28(25-29)37-33-23-21-26-11-4-6-17-31(26)38(33)42-39-32-18-7-5-12-27(32)22-24-34(37)39/h1-28H;1-24H;1-25H. The van der Waals surface area contributed by atoms with E-state index in [1.807, 2.05) is 49.1 Å². The Kier molecular flexibility index (Phi) is 18.5. The molecule has 660 valence electrons. The fourth-order valence-electron chi connectivity index (χ4n) is 22.6. The molecule has 0 aliphatic heterocycles. The van der Waals surface area contributed by atoms with Crippen LogP contribution < -0.4 is 0 Å². The summed E-state index contributed by atoms with van der Waals surface area (Å²) >= 11 is 0. The molecule has 0 saturated carbocycles. The van der Waals surface area contributed by atoms with Crippen molar-refractivity contribution >= 4 is 228 Å². The van der Waals surface area contributed by atoms with Crippen molar-refractivity contribution < 1.29 is 0 Å². The van der Waals surface area contributed by atoms with Gasteiger partial charge in [-0.1, -0.05) is 388 Å². The largest absolute Gasteiger partial charge is 0.292 e. The Morgan fingerprint density at radius 2 is 0.378 bits per heavy atom. The van der Waals surface area contributed by atoms with Crippen LogP contribution in [0.2, 0.25) is 0 Å². The zero-order valence-corrected chi connectivity index (χ0v) is 76.9. The van der Waals surface area contributed by atoms with E-state index in [0.29, 0.717) is 0 Å². The van der Waals surface area contributed by atoms with Gasteiger partial charge in [-0.05, 0) is 115 Å². The van der Waals surface area contributed by atoms with Crippen LogP contribution in [0.1, 0.15) is 0 Å². The van der Waals surface area contributed by atoms with Crippen molar-refractivity contribution in [1.29, 1.82) is 0 Å². The highest BCUT2D eigenvalue weighted by Crippen LogP contribution is 2.49. The summed E-state index contributed by atoms with van der Waals surface area (Å²) in [5.74, 6) is 0.924. The van der Waals surface area contributed by atoms with E-state index >= 15 is 0 Å². The molecule has 0 unspecified atom stereocenters. The van der Waals surface area contributed by atoms with Crippen molar-refractivity contribution in [2.45, 2.75) is 0 Å². The molecule has 0 aliphatic carbocycles. The smallest absolute Gasteiger partial charge is 0.145 e. The Hall–Kier alpha value is -19.4. The molecule has 21 aromatic carbocycles. The number of rotatable bonds is 7. The number of benzene rings is 21. The maximum atomic E-state index is 5.40. The van der Waals surface area contributed by atoms with Crippen LogP contribution in [0.3, 0.4) is 0 Å². The average Bonchev–Trinajstić information content (AvgIpc) is 1.30. The lowest BCUT2D eigenvalue weighted by molar-refractivity contribution is 1.10. The molecule has 0 aliphatic rings. The van der Waals surface area contributed by atoms with E-state index in [1.165, 1.54) is 81.7 Å². The molecule has 0 atom stereocenters. The van der Waals surface area contributed by atoms with Crippen LogP contribution in [0, 0.1) is 0 Å². The van der Waals surface area contributed by atoms with Gasteiger partial charge in [0.05, 0.1) is 88.3 Å². The van der Waals surface area contributed by atoms with Gasteiger partial charge < -0.3 is 0 Å². The third-order valence-electron chi connectivity index (χ3n) is 29.1. The Labute approximate surface area is 817 Å². The fourth-order valence-corrected chi connectivity index (χ4v) is 22.6. The first-order valence-electron chi connectivity index (χ1n) is 48.4. The minimum Gasteiger partial charge on any atom is -0.292 e. The van der Waals surface area contributed by atoms with Crippen LogP contribution in [-0.2, 0) is 0 Å². The van der Waals surface area contributed by atoms with Gasteiger partial charge >= 0.3 is 0 Å². The Morgan fingerprint density at radius 3 is 0.685 bits per heavy atom. The van der Waals surface area contributed by atoms with E-state index in [2.05, 4.69) is 423 Å². The molecule has 0 bridgehead atoms. The number of pyridine rings is 9. The summed E-state index contributed by atoms with van der Waals surface area (Å²) in [6.07, 6.45) is 7.35. The second-order valence-electron chi connectivity index (χ2n) is 37.0. The van der Waals surface area contributed by atoms with Crippen molar-refractivity contribution in [3.05, 3.63) is 468 Å². The minimum absolute atomic E-state index is 0.873. The lowest BCUT2D eigenvalue weighted by Crippen LogP contribution is -1.97. The summed E-state index contributed by atoms with van der Waals surface area (Å²) in [6, 6.07) is 158. The molecule has 10 aromatic heterocycles. The van der Waals surface area contributed by atoms with Crippen LogP contribution in [0.25, 0.3) is 301 Å². The lowest BCUT2D eigenvalue weighted by atomic mass is 9.89. The summed E-state index contributed by atoms with van der Waals surface area (Å²) < 4.78 is 2.26. The molecule has 0 spiro atoms. The SMILES string of the molecule is c1ccc(-n2c(-c3cccc(-c4c5ccc6ccccc6c5nc5c4ccc4ccccc45)c3)nc3ccccc32)cc1.c1ccc2c(c1)ccc1c(-c3ccc(-c4c5ccc6ccccc6c5nc5c4ccc4ccccc45)cc3)c3ccc4ccccc4c3nc12.c1cnc2c(c1)ccc1c(-c3ccc(-c4c5ccc6cccnc6c5nc5c4ccc4cccnc45)cc3)c3ccc4cccnc4c3nc12. The second kappa shape index (κ2) is 32.7. The Morgan fingerprint density at radius 1 is 0.140 bits per heavy atom. The highest BCUT2D eigenvalue weighted by Gasteiger charge is 2.26. The van der Waals surface area contributed by atoms with Gasteiger partial charge in [-0.25, -0.2) is 29.9 Å². The number of fused-ring (bicyclic) bond motifs is 31. The molecule has 31 aromatic rings.